The van der Waals surface area contributed by atoms with Crippen LogP contribution in [0.2, 0.25) is 0 Å². The first-order chi connectivity index (χ1) is 22.7. The van der Waals surface area contributed by atoms with Crippen LogP contribution in [-0.4, -0.2) is 104 Å². The maximum atomic E-state index is 12.2. The van der Waals surface area contributed by atoms with E-state index in [4.69, 9.17) is 14.2 Å². The van der Waals surface area contributed by atoms with Crippen LogP contribution in [-0.2, 0) is 28.6 Å². The Balaban J connectivity index is 0.000000261. The lowest BCUT2D eigenvalue weighted by molar-refractivity contribution is -0.126. The lowest BCUT2D eigenvalue weighted by atomic mass is 9.92. The normalized spacial score (nSPS) is 27.7. The largest absolute Gasteiger partial charge is 0.444 e. The van der Waals surface area contributed by atoms with E-state index in [1.54, 1.807) is 21.6 Å². The molecule has 4 rings (SSSR count). The molecule has 3 heterocycles. The molecule has 0 spiro atoms. The highest BCUT2D eigenvalue weighted by molar-refractivity contribution is 5.90. The maximum absolute atomic E-state index is 12.2. The molecule has 3 amide bonds. The quantitative estimate of drug-likeness (QED) is 0.279. The number of rotatable bonds is 3. The molecule has 50 heavy (non-hydrogen) atoms. The number of ether oxygens (including phenoxy) is 3. The van der Waals surface area contributed by atoms with Gasteiger partial charge in [0.2, 0.25) is 0 Å². The number of ketones is 3. The number of hydrogen-bond acceptors (Lipinski definition) is 9. The molecule has 286 valence electrons. The van der Waals surface area contributed by atoms with Crippen molar-refractivity contribution in [3.05, 3.63) is 0 Å². The predicted octanol–water partition coefficient (Wildman–Crippen LogP) is 7.20. The third-order valence-electron chi connectivity index (χ3n) is 9.69. The first-order valence-electron chi connectivity index (χ1n) is 18.2. The van der Waals surface area contributed by atoms with Crippen molar-refractivity contribution in [1.29, 1.82) is 0 Å². The Morgan fingerprint density at radius 1 is 0.620 bits per heavy atom. The minimum absolute atomic E-state index is 0.0239. The van der Waals surface area contributed by atoms with E-state index in [2.05, 4.69) is 0 Å². The van der Waals surface area contributed by atoms with Crippen molar-refractivity contribution in [2.75, 3.05) is 19.6 Å². The van der Waals surface area contributed by atoms with E-state index < -0.39 is 22.3 Å². The summed E-state index contributed by atoms with van der Waals surface area (Å²) < 4.78 is 16.0. The Kier molecular flexibility index (Phi) is 14.1. The molecule has 12 nitrogen and oxygen atoms in total. The number of hydrogen-bond donors (Lipinski definition) is 0. The van der Waals surface area contributed by atoms with E-state index in [0.29, 0.717) is 31.5 Å². The van der Waals surface area contributed by atoms with Gasteiger partial charge in [0.05, 0.1) is 12.1 Å². The molecular formula is C38H65N3O9. The zero-order valence-corrected chi connectivity index (χ0v) is 33.3. The molecule has 1 aliphatic carbocycles. The molecule has 0 radical (unpaired) electrons. The van der Waals surface area contributed by atoms with Crippen LogP contribution in [0.5, 0.6) is 0 Å². The number of amides is 3. The number of fused-ring (bicyclic) bond motifs is 1. The minimum atomic E-state index is -0.678. The lowest BCUT2D eigenvalue weighted by Gasteiger charge is -2.34. The van der Waals surface area contributed by atoms with Crippen LogP contribution < -0.4 is 0 Å². The first-order valence-corrected chi connectivity index (χ1v) is 18.2. The fourth-order valence-corrected chi connectivity index (χ4v) is 7.37. The zero-order chi connectivity index (χ0) is 38.6. The molecule has 6 unspecified atom stereocenters. The van der Waals surface area contributed by atoms with Gasteiger partial charge in [-0.15, -0.1) is 0 Å². The van der Waals surface area contributed by atoms with Crippen LogP contribution >= 0.6 is 0 Å². The molecule has 1 saturated carbocycles. The van der Waals surface area contributed by atoms with Crippen molar-refractivity contribution < 1.29 is 43.0 Å². The summed E-state index contributed by atoms with van der Waals surface area (Å²) in [5.74, 6) is 1.23. The van der Waals surface area contributed by atoms with Crippen LogP contribution in [0.15, 0.2) is 0 Å². The van der Waals surface area contributed by atoms with Gasteiger partial charge in [-0.3, -0.25) is 29.1 Å². The van der Waals surface area contributed by atoms with Crippen molar-refractivity contribution >= 4 is 35.6 Å². The van der Waals surface area contributed by atoms with Gasteiger partial charge >= 0.3 is 18.3 Å². The number of carbonyl (C=O) groups is 6. The van der Waals surface area contributed by atoms with Gasteiger partial charge in [0.1, 0.15) is 22.3 Å². The van der Waals surface area contributed by atoms with Crippen LogP contribution in [0.1, 0.15) is 135 Å². The van der Waals surface area contributed by atoms with Crippen molar-refractivity contribution in [2.24, 2.45) is 17.8 Å². The molecule has 0 aromatic heterocycles. The van der Waals surface area contributed by atoms with E-state index in [1.807, 2.05) is 76.2 Å². The SMILES string of the molecule is CC(=O)C1(C)CCCN1C(=O)OC(C)(C)C.CC(=O)C1C(C)CCN1C(=O)OC(C)(C)C.CC(=O)C1C2CCCC2CN1C(=O)OC(C)(C)C. The molecule has 6 atom stereocenters. The summed E-state index contributed by atoms with van der Waals surface area (Å²) in [4.78, 5) is 75.6. The third kappa shape index (κ3) is 11.7. The molecule has 0 N–H and O–H groups in total. The second kappa shape index (κ2) is 16.4. The highest BCUT2D eigenvalue weighted by Crippen LogP contribution is 2.43. The van der Waals surface area contributed by atoms with Crippen LogP contribution in [0, 0.1) is 17.8 Å². The average molecular weight is 708 g/mol. The average Bonchev–Trinajstić information content (AvgIpc) is 3.69. The summed E-state index contributed by atoms with van der Waals surface area (Å²) in [7, 11) is 0. The van der Waals surface area contributed by atoms with E-state index in [1.165, 1.54) is 20.3 Å². The van der Waals surface area contributed by atoms with Gasteiger partial charge in [-0.1, -0.05) is 13.3 Å². The predicted molar refractivity (Wildman–Crippen MR) is 191 cm³/mol. The molecular weight excluding hydrogens is 642 g/mol. The Hall–Kier alpha value is -3.18. The monoisotopic (exact) mass is 707 g/mol. The third-order valence-corrected chi connectivity index (χ3v) is 9.69. The minimum Gasteiger partial charge on any atom is -0.444 e. The van der Waals surface area contributed by atoms with E-state index in [-0.39, 0.29) is 53.6 Å². The molecule has 3 saturated heterocycles. The number of carbonyl (C=O) groups excluding carboxylic acids is 6. The molecule has 4 fully saturated rings. The van der Waals surface area contributed by atoms with Gasteiger partial charge < -0.3 is 14.2 Å². The fourth-order valence-electron chi connectivity index (χ4n) is 7.37. The second-order valence-corrected chi connectivity index (χ2v) is 17.6. The first kappa shape index (κ1) is 43.0. The summed E-state index contributed by atoms with van der Waals surface area (Å²) in [5.41, 5.74) is -2.21. The summed E-state index contributed by atoms with van der Waals surface area (Å²) >= 11 is 0. The van der Waals surface area contributed by atoms with Crippen LogP contribution in [0.25, 0.3) is 0 Å². The molecule has 12 heteroatoms. The van der Waals surface area contributed by atoms with E-state index in [9.17, 15) is 28.8 Å². The summed E-state index contributed by atoms with van der Waals surface area (Å²) in [6, 6.07) is -0.567. The summed E-state index contributed by atoms with van der Waals surface area (Å²) in [5, 5.41) is 0. The Morgan fingerprint density at radius 3 is 1.56 bits per heavy atom. The van der Waals surface area contributed by atoms with Gasteiger partial charge in [-0.25, -0.2) is 14.4 Å². The Bertz CT molecular complexity index is 1260. The topological polar surface area (TPSA) is 140 Å². The van der Waals surface area contributed by atoms with Crippen LogP contribution in [0.4, 0.5) is 14.4 Å². The standard InChI is InChI=1S/C14H23NO3.2C12H21NO3/c1-9(16)12-11-7-5-6-10(11)8-15(12)13(17)18-14(2,3)4;1-9(14)12(5)7-6-8-13(12)10(15)16-11(2,3)4;1-8-6-7-13(10(8)9(2)14)11(15)16-12(3,4)5/h10-12H,5-8H2,1-4H3;6-8H2,1-5H3;8,10H,6-7H2,1-5H3. The highest BCUT2D eigenvalue weighted by atomic mass is 16.6. The lowest BCUT2D eigenvalue weighted by Crippen LogP contribution is -2.51. The number of nitrogens with zero attached hydrogens (tertiary/aromatic N) is 3. The molecule has 0 aromatic rings. The zero-order valence-electron chi connectivity index (χ0n) is 33.3. The second-order valence-electron chi connectivity index (χ2n) is 17.6. The van der Waals surface area contributed by atoms with Crippen molar-refractivity contribution in [3.8, 4) is 0 Å². The van der Waals surface area contributed by atoms with Gasteiger partial charge in [0.25, 0.3) is 0 Å². The smallest absolute Gasteiger partial charge is 0.411 e. The van der Waals surface area contributed by atoms with Gasteiger partial charge in [-0.05, 0) is 140 Å². The maximum Gasteiger partial charge on any atom is 0.411 e. The fraction of sp³-hybridized carbons (Fsp3) is 0.842. The van der Waals surface area contributed by atoms with Crippen molar-refractivity contribution in [1.82, 2.24) is 14.7 Å². The molecule has 4 aliphatic rings. The number of Topliss-reactive ketones (excluding diaryl/α,β-unsaturated/α-hetero) is 3. The molecule has 0 aromatic carbocycles. The molecule has 0 bridgehead atoms. The molecule has 3 aliphatic heterocycles. The van der Waals surface area contributed by atoms with E-state index >= 15 is 0 Å². The Morgan fingerprint density at radius 2 is 1.10 bits per heavy atom. The highest BCUT2D eigenvalue weighted by Gasteiger charge is 2.49. The number of likely N-dealkylation sites (tertiary alicyclic amines) is 3. The summed E-state index contributed by atoms with van der Waals surface area (Å²) in [6.45, 7) is 26.9. The van der Waals surface area contributed by atoms with Gasteiger partial charge in [-0.2, -0.15) is 0 Å². The van der Waals surface area contributed by atoms with Crippen molar-refractivity contribution in [3.63, 3.8) is 0 Å². The van der Waals surface area contributed by atoms with Gasteiger partial charge in [0.15, 0.2) is 17.3 Å². The van der Waals surface area contributed by atoms with E-state index in [0.717, 1.165) is 32.1 Å². The van der Waals surface area contributed by atoms with Crippen molar-refractivity contribution in [2.45, 2.75) is 170 Å². The summed E-state index contributed by atoms with van der Waals surface area (Å²) in [6.07, 6.45) is 4.72. The Labute approximate surface area is 300 Å². The van der Waals surface area contributed by atoms with Gasteiger partial charge in [0, 0.05) is 19.6 Å². The van der Waals surface area contributed by atoms with Crippen LogP contribution in [0.3, 0.4) is 0 Å².